The zero-order chi connectivity index (χ0) is 18.0. The Morgan fingerprint density at radius 2 is 2.04 bits per heavy atom. The molecule has 1 aromatic heterocycles. The topological polar surface area (TPSA) is 50.2 Å². The highest BCUT2D eigenvalue weighted by Crippen LogP contribution is 2.29. The number of carbonyl (C=O) groups excluding carboxylic acids is 1. The van der Waals surface area contributed by atoms with Gasteiger partial charge in [0.05, 0.1) is 23.6 Å². The fourth-order valence-electron chi connectivity index (χ4n) is 2.57. The molecular weight excluding hydrogens is 347 g/mol. The summed E-state index contributed by atoms with van der Waals surface area (Å²) in [6, 6.07) is 5.39. The van der Waals surface area contributed by atoms with E-state index in [2.05, 4.69) is 10.4 Å². The van der Waals surface area contributed by atoms with Gasteiger partial charge in [-0.25, -0.2) is 0 Å². The van der Waals surface area contributed by atoms with Gasteiger partial charge in [-0.1, -0.05) is 29.3 Å². The zero-order valence-electron chi connectivity index (χ0n) is 14.5. The van der Waals surface area contributed by atoms with E-state index in [1.165, 1.54) is 0 Å². The third kappa shape index (κ3) is 4.09. The van der Waals surface area contributed by atoms with Crippen molar-refractivity contribution in [1.82, 2.24) is 14.7 Å². The van der Waals surface area contributed by atoms with Gasteiger partial charge in [0.25, 0.3) is 0 Å². The highest BCUT2D eigenvalue weighted by atomic mass is 35.5. The highest BCUT2D eigenvalue weighted by molar-refractivity contribution is 6.35. The lowest BCUT2D eigenvalue weighted by molar-refractivity contribution is -0.117. The van der Waals surface area contributed by atoms with Crippen LogP contribution in [0.5, 0.6) is 0 Å². The molecule has 1 atom stereocenters. The number of halogens is 2. The van der Waals surface area contributed by atoms with Crippen molar-refractivity contribution in [1.29, 1.82) is 0 Å². The van der Waals surface area contributed by atoms with Crippen LogP contribution in [0.1, 0.15) is 29.9 Å². The molecule has 0 saturated heterocycles. The smallest absolute Gasteiger partial charge is 0.238 e. The van der Waals surface area contributed by atoms with E-state index < -0.39 is 0 Å². The largest absolute Gasteiger partial charge is 0.322 e. The van der Waals surface area contributed by atoms with E-state index in [0.29, 0.717) is 10.0 Å². The average Bonchev–Trinajstić information content (AvgIpc) is 2.73. The molecule has 0 aliphatic carbocycles. The molecule has 5 nitrogen and oxygen atoms in total. The van der Waals surface area contributed by atoms with Crippen molar-refractivity contribution < 1.29 is 4.79 Å². The monoisotopic (exact) mass is 368 g/mol. The summed E-state index contributed by atoms with van der Waals surface area (Å²) < 4.78 is 1.75. The van der Waals surface area contributed by atoms with Crippen LogP contribution in [0.15, 0.2) is 18.2 Å². The number of hydrogen-bond donors (Lipinski definition) is 1. The Hall–Kier alpha value is -1.56. The normalized spacial score (nSPS) is 12.5. The molecule has 2 rings (SSSR count). The summed E-state index contributed by atoms with van der Waals surface area (Å²) in [5.41, 5.74) is 3.44. The zero-order valence-corrected chi connectivity index (χ0v) is 16.0. The fourth-order valence-corrected chi connectivity index (χ4v) is 3.14. The fraction of sp³-hybridized carbons (Fsp3) is 0.412. The summed E-state index contributed by atoms with van der Waals surface area (Å²) in [5.74, 6) is -0.0892. The molecule has 0 bridgehead atoms. The summed E-state index contributed by atoms with van der Waals surface area (Å²) in [6.07, 6.45) is 0. The molecule has 0 aliphatic rings. The quantitative estimate of drug-likeness (QED) is 0.868. The number of hydrogen-bond acceptors (Lipinski definition) is 3. The van der Waals surface area contributed by atoms with Crippen molar-refractivity contribution in [3.63, 3.8) is 0 Å². The highest BCUT2D eigenvalue weighted by Gasteiger charge is 2.19. The lowest BCUT2D eigenvalue weighted by Crippen LogP contribution is -2.32. The molecule has 0 spiro atoms. The van der Waals surface area contributed by atoms with Crippen LogP contribution < -0.4 is 5.32 Å². The minimum atomic E-state index is -0.0892. The summed E-state index contributed by atoms with van der Waals surface area (Å²) >= 11 is 12.2. The second-order valence-corrected chi connectivity index (χ2v) is 6.82. The van der Waals surface area contributed by atoms with Gasteiger partial charge in [0.15, 0.2) is 0 Å². The Kier molecular flexibility index (Phi) is 5.91. The van der Waals surface area contributed by atoms with E-state index in [1.54, 1.807) is 16.8 Å². The predicted molar refractivity (Wildman–Crippen MR) is 98.8 cm³/mol. The molecule has 130 valence electrons. The molecule has 7 heteroatoms. The van der Waals surface area contributed by atoms with E-state index >= 15 is 0 Å². The number of anilines is 1. The van der Waals surface area contributed by atoms with Crippen LogP contribution in [0.2, 0.25) is 10.0 Å². The van der Waals surface area contributed by atoms with E-state index in [0.717, 1.165) is 22.6 Å². The SMILES string of the molecule is Cc1nn(C)c(C)c1NC(=O)CN(C)C(C)c1ccc(Cl)cc1Cl. The van der Waals surface area contributed by atoms with Gasteiger partial charge >= 0.3 is 0 Å². The molecule has 0 fully saturated rings. The molecule has 0 aliphatic heterocycles. The number of carbonyl (C=O) groups is 1. The Bertz CT molecular complexity index is 757. The van der Waals surface area contributed by atoms with Crippen molar-refractivity contribution in [2.45, 2.75) is 26.8 Å². The van der Waals surface area contributed by atoms with Crippen molar-refractivity contribution in [2.24, 2.45) is 7.05 Å². The maximum Gasteiger partial charge on any atom is 0.238 e. The number of rotatable bonds is 5. The number of aromatic nitrogens is 2. The van der Waals surface area contributed by atoms with Gasteiger partial charge in [-0.2, -0.15) is 5.10 Å². The van der Waals surface area contributed by atoms with Crippen molar-refractivity contribution in [3.05, 3.63) is 45.2 Å². The molecule has 0 radical (unpaired) electrons. The van der Waals surface area contributed by atoms with Crippen molar-refractivity contribution in [3.8, 4) is 0 Å². The van der Waals surface area contributed by atoms with Crippen LogP contribution >= 0.6 is 23.2 Å². The summed E-state index contributed by atoms with van der Waals surface area (Å²) in [7, 11) is 3.74. The van der Waals surface area contributed by atoms with Crippen LogP contribution in [0.25, 0.3) is 0 Å². The molecule has 24 heavy (non-hydrogen) atoms. The third-order valence-electron chi connectivity index (χ3n) is 4.24. The predicted octanol–water partition coefficient (Wildman–Crippen LogP) is 3.98. The Balaban J connectivity index is 2.05. The lowest BCUT2D eigenvalue weighted by Gasteiger charge is -2.25. The second-order valence-electron chi connectivity index (χ2n) is 5.97. The molecule has 1 amide bonds. The standard InChI is InChI=1S/C17H22Cl2N4O/c1-10-17(12(3)23(5)21-10)20-16(24)9-22(4)11(2)14-7-6-13(18)8-15(14)19/h6-8,11H,9H2,1-5H3,(H,20,24). The van der Waals surface area contributed by atoms with Crippen molar-refractivity contribution >= 4 is 34.8 Å². The van der Waals surface area contributed by atoms with Crippen LogP contribution in [-0.2, 0) is 11.8 Å². The molecule has 1 aromatic carbocycles. The number of nitrogens with one attached hydrogen (secondary N) is 1. The second kappa shape index (κ2) is 7.55. The first-order valence-electron chi connectivity index (χ1n) is 7.66. The van der Waals surface area contributed by atoms with Crippen molar-refractivity contribution in [2.75, 3.05) is 18.9 Å². The first-order chi connectivity index (χ1) is 11.2. The average molecular weight is 369 g/mol. The van der Waals surface area contributed by atoms with Gasteiger partial charge < -0.3 is 5.32 Å². The van der Waals surface area contributed by atoms with Crippen LogP contribution in [-0.4, -0.2) is 34.2 Å². The number of likely N-dealkylation sites (N-methyl/N-ethyl adjacent to an activating group) is 1. The van der Waals surface area contributed by atoms with E-state index in [4.69, 9.17) is 23.2 Å². The van der Waals surface area contributed by atoms with E-state index in [9.17, 15) is 4.79 Å². The Labute approximate surface area is 152 Å². The maximum absolute atomic E-state index is 12.4. The van der Waals surface area contributed by atoms with E-state index in [-0.39, 0.29) is 18.5 Å². The van der Waals surface area contributed by atoms with Crippen LogP contribution in [0, 0.1) is 13.8 Å². The lowest BCUT2D eigenvalue weighted by atomic mass is 10.1. The van der Waals surface area contributed by atoms with Gasteiger partial charge in [0.1, 0.15) is 0 Å². The van der Waals surface area contributed by atoms with Crippen LogP contribution in [0.4, 0.5) is 5.69 Å². The number of nitrogens with zero attached hydrogens (tertiary/aromatic N) is 3. The van der Waals surface area contributed by atoms with Gasteiger partial charge in [-0.15, -0.1) is 0 Å². The summed E-state index contributed by atoms with van der Waals surface area (Å²) in [4.78, 5) is 14.3. The minimum absolute atomic E-state index is 0.0170. The van der Waals surface area contributed by atoms with Gasteiger partial charge in [0, 0.05) is 23.1 Å². The Morgan fingerprint density at radius 1 is 1.38 bits per heavy atom. The molecule has 1 N–H and O–H groups in total. The first kappa shape index (κ1) is 18.8. The summed E-state index contributed by atoms with van der Waals surface area (Å²) in [6.45, 7) is 6.05. The van der Waals surface area contributed by atoms with E-state index in [1.807, 2.05) is 45.8 Å². The number of aryl methyl sites for hydroxylation is 2. The third-order valence-corrected chi connectivity index (χ3v) is 4.80. The minimum Gasteiger partial charge on any atom is -0.322 e. The first-order valence-corrected chi connectivity index (χ1v) is 8.41. The number of amides is 1. The molecule has 2 aromatic rings. The number of benzene rings is 1. The Morgan fingerprint density at radius 3 is 2.58 bits per heavy atom. The molecule has 1 unspecified atom stereocenters. The molecular formula is C17H22Cl2N4O. The van der Waals surface area contributed by atoms with Gasteiger partial charge in [0.2, 0.25) is 5.91 Å². The maximum atomic E-state index is 12.4. The summed E-state index contributed by atoms with van der Waals surface area (Å²) in [5, 5.41) is 8.44. The van der Waals surface area contributed by atoms with Gasteiger partial charge in [-0.3, -0.25) is 14.4 Å². The molecule has 1 heterocycles. The molecule has 0 saturated carbocycles. The van der Waals surface area contributed by atoms with Gasteiger partial charge in [-0.05, 0) is 45.5 Å². The van der Waals surface area contributed by atoms with Crippen LogP contribution in [0.3, 0.4) is 0 Å².